The van der Waals surface area contributed by atoms with Crippen LogP contribution in [0.15, 0.2) is 47.5 Å². The van der Waals surface area contributed by atoms with E-state index in [0.717, 1.165) is 27.8 Å². The van der Waals surface area contributed by atoms with Crippen LogP contribution < -0.4 is 4.74 Å². The fourth-order valence-electron chi connectivity index (χ4n) is 1.60. The fraction of sp³-hybridized carbons (Fsp3) is 0.333. The molecule has 1 aromatic carbocycles. The summed E-state index contributed by atoms with van der Waals surface area (Å²) in [5.74, 6) is 0.845. The molecule has 0 N–H and O–H groups in total. The maximum absolute atomic E-state index is 5.83. The van der Waals surface area contributed by atoms with Gasteiger partial charge >= 0.3 is 0 Å². The van der Waals surface area contributed by atoms with Gasteiger partial charge in [-0.1, -0.05) is 40.2 Å². The van der Waals surface area contributed by atoms with Gasteiger partial charge in [-0.3, -0.25) is 0 Å². The minimum absolute atomic E-state index is 0.00251. The van der Waals surface area contributed by atoms with Crippen LogP contribution >= 0.6 is 15.9 Å². The molecule has 98 valence electrons. The molecule has 3 heteroatoms. The highest BCUT2D eigenvalue weighted by Crippen LogP contribution is 2.27. The highest BCUT2D eigenvalue weighted by Gasteiger charge is 2.12. The van der Waals surface area contributed by atoms with Crippen LogP contribution in [0.4, 0.5) is 0 Å². The highest BCUT2D eigenvalue weighted by molar-refractivity contribution is 9.11. The lowest BCUT2D eigenvalue weighted by molar-refractivity contribution is 0.0734. The molecule has 0 amide bonds. The first-order valence-electron chi connectivity index (χ1n) is 5.76. The standard InChI is InChI=1S/C15H19BrO2/c1-11(2)9-15(18-10-12(3)16)13-5-7-14(17-4)8-6-13/h5-8,15H,1,3,9-10H2,2,4H3. The van der Waals surface area contributed by atoms with Crippen molar-refractivity contribution in [2.24, 2.45) is 0 Å². The van der Waals surface area contributed by atoms with Crippen LogP contribution in [-0.4, -0.2) is 13.7 Å². The molecule has 1 aromatic rings. The topological polar surface area (TPSA) is 18.5 Å². The Labute approximate surface area is 117 Å². The maximum Gasteiger partial charge on any atom is 0.118 e. The molecule has 0 aliphatic heterocycles. The zero-order valence-electron chi connectivity index (χ0n) is 10.9. The molecule has 0 heterocycles. The summed E-state index contributed by atoms with van der Waals surface area (Å²) < 4.78 is 11.8. The van der Waals surface area contributed by atoms with E-state index in [1.165, 1.54) is 0 Å². The number of benzene rings is 1. The van der Waals surface area contributed by atoms with Gasteiger partial charge in [0, 0.05) is 4.48 Å². The first kappa shape index (κ1) is 15.0. The molecule has 0 saturated carbocycles. The van der Waals surface area contributed by atoms with E-state index in [4.69, 9.17) is 9.47 Å². The molecule has 18 heavy (non-hydrogen) atoms. The quantitative estimate of drug-likeness (QED) is 0.684. The lowest BCUT2D eigenvalue weighted by Crippen LogP contribution is -2.06. The second kappa shape index (κ2) is 7.39. The van der Waals surface area contributed by atoms with Crippen molar-refractivity contribution >= 4 is 15.9 Å². The van der Waals surface area contributed by atoms with Gasteiger partial charge < -0.3 is 9.47 Å². The van der Waals surface area contributed by atoms with E-state index < -0.39 is 0 Å². The second-order valence-corrected chi connectivity index (χ2v) is 5.37. The predicted molar refractivity (Wildman–Crippen MR) is 79.2 cm³/mol. The van der Waals surface area contributed by atoms with Crippen molar-refractivity contribution in [3.05, 3.63) is 53.0 Å². The summed E-state index contributed by atoms with van der Waals surface area (Å²) in [7, 11) is 1.66. The molecule has 0 saturated heterocycles. The summed E-state index contributed by atoms with van der Waals surface area (Å²) in [5, 5.41) is 0. The Morgan fingerprint density at radius 2 is 1.89 bits per heavy atom. The largest absolute Gasteiger partial charge is 0.497 e. The van der Waals surface area contributed by atoms with Crippen LogP contribution in [0.25, 0.3) is 0 Å². The number of methoxy groups -OCH3 is 1. The lowest BCUT2D eigenvalue weighted by atomic mass is 10.0. The van der Waals surface area contributed by atoms with E-state index in [0.29, 0.717) is 6.61 Å². The number of hydrogen-bond acceptors (Lipinski definition) is 2. The Balaban J connectivity index is 2.79. The number of ether oxygens (including phenoxy) is 2. The molecule has 1 unspecified atom stereocenters. The van der Waals surface area contributed by atoms with Crippen LogP contribution in [-0.2, 0) is 4.74 Å². The smallest absolute Gasteiger partial charge is 0.118 e. The summed E-state index contributed by atoms with van der Waals surface area (Å²) in [6.45, 7) is 10.2. The summed E-state index contributed by atoms with van der Waals surface area (Å²) in [4.78, 5) is 0. The Hall–Kier alpha value is -1.06. The third-order valence-electron chi connectivity index (χ3n) is 2.46. The van der Waals surface area contributed by atoms with Gasteiger partial charge in [-0.15, -0.1) is 6.58 Å². The number of hydrogen-bond donors (Lipinski definition) is 0. The van der Waals surface area contributed by atoms with Crippen molar-refractivity contribution in [1.29, 1.82) is 0 Å². The molecule has 0 spiro atoms. The van der Waals surface area contributed by atoms with Crippen LogP contribution in [0.3, 0.4) is 0 Å². The van der Waals surface area contributed by atoms with Crippen molar-refractivity contribution in [2.45, 2.75) is 19.4 Å². The average molecular weight is 311 g/mol. The van der Waals surface area contributed by atoms with Crippen molar-refractivity contribution in [2.75, 3.05) is 13.7 Å². The van der Waals surface area contributed by atoms with Crippen LogP contribution in [0, 0.1) is 0 Å². The van der Waals surface area contributed by atoms with Crippen molar-refractivity contribution in [3.8, 4) is 5.75 Å². The number of rotatable bonds is 7. The molecule has 0 aliphatic rings. The van der Waals surface area contributed by atoms with Gasteiger partial charge in [-0.25, -0.2) is 0 Å². The number of halogens is 1. The first-order valence-corrected chi connectivity index (χ1v) is 6.55. The third-order valence-corrected chi connectivity index (χ3v) is 2.69. The zero-order valence-corrected chi connectivity index (χ0v) is 12.5. The van der Waals surface area contributed by atoms with Gasteiger partial charge in [0.2, 0.25) is 0 Å². The molecule has 1 atom stereocenters. The van der Waals surface area contributed by atoms with Crippen LogP contribution in [0.2, 0.25) is 0 Å². The van der Waals surface area contributed by atoms with Crippen LogP contribution in [0.1, 0.15) is 25.0 Å². The van der Waals surface area contributed by atoms with Gasteiger partial charge in [0.15, 0.2) is 0 Å². The van der Waals surface area contributed by atoms with E-state index in [1.807, 2.05) is 31.2 Å². The second-order valence-electron chi connectivity index (χ2n) is 4.25. The minimum atomic E-state index is 0.00251. The average Bonchev–Trinajstić information content (AvgIpc) is 2.34. The first-order chi connectivity index (χ1) is 8.52. The predicted octanol–water partition coefficient (Wildman–Crippen LogP) is 4.63. The molecule has 1 rings (SSSR count). The summed E-state index contributed by atoms with van der Waals surface area (Å²) in [5.41, 5.74) is 2.21. The van der Waals surface area contributed by atoms with Gasteiger partial charge in [0.1, 0.15) is 5.75 Å². The molecule has 0 radical (unpaired) electrons. The van der Waals surface area contributed by atoms with Crippen molar-refractivity contribution < 1.29 is 9.47 Å². The third kappa shape index (κ3) is 5.07. The highest BCUT2D eigenvalue weighted by atomic mass is 79.9. The fourth-order valence-corrected chi connectivity index (χ4v) is 1.73. The molecule has 0 aromatic heterocycles. The maximum atomic E-state index is 5.83. The van der Waals surface area contributed by atoms with Crippen molar-refractivity contribution in [1.82, 2.24) is 0 Å². The summed E-state index contributed by atoms with van der Waals surface area (Å²) >= 11 is 3.30. The Morgan fingerprint density at radius 3 is 2.33 bits per heavy atom. The molecule has 0 bridgehead atoms. The minimum Gasteiger partial charge on any atom is -0.497 e. The summed E-state index contributed by atoms with van der Waals surface area (Å²) in [6.07, 6.45) is 0.801. The molecular formula is C15H19BrO2. The molecular weight excluding hydrogens is 292 g/mol. The normalized spacial score (nSPS) is 11.9. The van der Waals surface area contributed by atoms with Crippen LogP contribution in [0.5, 0.6) is 5.75 Å². The summed E-state index contributed by atoms with van der Waals surface area (Å²) in [6, 6.07) is 7.91. The van der Waals surface area contributed by atoms with Gasteiger partial charge in [-0.2, -0.15) is 0 Å². The van der Waals surface area contributed by atoms with E-state index >= 15 is 0 Å². The van der Waals surface area contributed by atoms with Gasteiger partial charge in [-0.05, 0) is 31.0 Å². The molecule has 0 aliphatic carbocycles. The van der Waals surface area contributed by atoms with E-state index in [9.17, 15) is 0 Å². The molecule has 2 nitrogen and oxygen atoms in total. The lowest BCUT2D eigenvalue weighted by Gasteiger charge is -2.18. The van der Waals surface area contributed by atoms with E-state index in [-0.39, 0.29) is 6.10 Å². The zero-order chi connectivity index (χ0) is 13.5. The van der Waals surface area contributed by atoms with Gasteiger partial charge in [0.05, 0.1) is 19.8 Å². The Kier molecular flexibility index (Phi) is 6.16. The Morgan fingerprint density at radius 1 is 1.28 bits per heavy atom. The van der Waals surface area contributed by atoms with E-state index in [2.05, 4.69) is 29.1 Å². The SMILES string of the molecule is C=C(C)CC(OCC(=C)Br)c1ccc(OC)cc1. The monoisotopic (exact) mass is 310 g/mol. The Bertz CT molecular complexity index is 409. The van der Waals surface area contributed by atoms with E-state index in [1.54, 1.807) is 7.11 Å². The van der Waals surface area contributed by atoms with Gasteiger partial charge in [0.25, 0.3) is 0 Å². The van der Waals surface area contributed by atoms with Crippen molar-refractivity contribution in [3.63, 3.8) is 0 Å². The molecule has 0 fully saturated rings.